The summed E-state index contributed by atoms with van der Waals surface area (Å²) in [7, 11) is 0. The standard InChI is InChI=1S/C21H27N3O2/c1-4-24(16(2)3)19-12-10-18(11-13-19)23-21(26)15-22-20(25)14-17-8-6-5-7-9-17/h5-13,16H,4,14-15H2,1-3H3,(H,22,25)(H,23,26). The Balaban J connectivity index is 1.81. The summed E-state index contributed by atoms with van der Waals surface area (Å²) in [5.74, 6) is -0.410. The van der Waals surface area contributed by atoms with Gasteiger partial charge in [0.2, 0.25) is 11.8 Å². The summed E-state index contributed by atoms with van der Waals surface area (Å²) in [6.45, 7) is 7.31. The highest BCUT2D eigenvalue weighted by Gasteiger charge is 2.09. The molecular weight excluding hydrogens is 326 g/mol. The Morgan fingerprint density at radius 3 is 2.19 bits per heavy atom. The summed E-state index contributed by atoms with van der Waals surface area (Å²) < 4.78 is 0. The molecule has 2 aromatic rings. The molecule has 5 nitrogen and oxygen atoms in total. The molecule has 0 heterocycles. The van der Waals surface area contributed by atoms with Gasteiger partial charge in [-0.05, 0) is 50.6 Å². The molecule has 0 fully saturated rings. The van der Waals surface area contributed by atoms with E-state index in [2.05, 4.69) is 36.3 Å². The second-order valence-electron chi connectivity index (χ2n) is 6.41. The molecule has 0 saturated carbocycles. The second kappa shape index (κ2) is 9.61. The number of nitrogens with zero attached hydrogens (tertiary/aromatic N) is 1. The molecule has 2 amide bonds. The van der Waals surface area contributed by atoms with Crippen LogP contribution in [0, 0.1) is 0 Å². The van der Waals surface area contributed by atoms with Gasteiger partial charge >= 0.3 is 0 Å². The molecule has 0 aromatic heterocycles. The van der Waals surface area contributed by atoms with Gasteiger partial charge in [-0.3, -0.25) is 9.59 Å². The number of carbonyl (C=O) groups excluding carboxylic acids is 2. The zero-order valence-corrected chi connectivity index (χ0v) is 15.7. The highest BCUT2D eigenvalue weighted by Crippen LogP contribution is 2.19. The van der Waals surface area contributed by atoms with Crippen LogP contribution in [0.2, 0.25) is 0 Å². The minimum absolute atomic E-state index is 0.0412. The summed E-state index contributed by atoms with van der Waals surface area (Å²) in [6.07, 6.45) is 0.269. The highest BCUT2D eigenvalue weighted by atomic mass is 16.2. The maximum absolute atomic E-state index is 12.0. The van der Waals surface area contributed by atoms with E-state index in [-0.39, 0.29) is 24.8 Å². The Hall–Kier alpha value is -2.82. The summed E-state index contributed by atoms with van der Waals surface area (Å²) in [5.41, 5.74) is 2.76. The predicted molar refractivity (Wildman–Crippen MR) is 106 cm³/mol. The van der Waals surface area contributed by atoms with Crippen LogP contribution in [0.5, 0.6) is 0 Å². The van der Waals surface area contributed by atoms with Gasteiger partial charge in [0, 0.05) is 24.0 Å². The zero-order chi connectivity index (χ0) is 18.9. The Labute approximate surface area is 155 Å². The Kier molecular flexibility index (Phi) is 7.21. The number of amides is 2. The fourth-order valence-corrected chi connectivity index (χ4v) is 2.81. The monoisotopic (exact) mass is 353 g/mol. The van der Waals surface area contributed by atoms with Crippen molar-refractivity contribution in [2.45, 2.75) is 33.2 Å². The van der Waals surface area contributed by atoms with Crippen LogP contribution in [0.25, 0.3) is 0 Å². The average Bonchev–Trinajstić information content (AvgIpc) is 2.62. The van der Waals surface area contributed by atoms with E-state index in [1.807, 2.05) is 54.6 Å². The first kappa shape index (κ1) is 19.5. The van der Waals surface area contributed by atoms with Gasteiger partial charge in [0.15, 0.2) is 0 Å². The number of nitrogens with one attached hydrogen (secondary N) is 2. The molecule has 0 radical (unpaired) electrons. The highest BCUT2D eigenvalue weighted by molar-refractivity contribution is 5.94. The first-order chi connectivity index (χ1) is 12.5. The van der Waals surface area contributed by atoms with Crippen LogP contribution in [-0.2, 0) is 16.0 Å². The molecule has 0 saturated heterocycles. The Morgan fingerprint density at radius 1 is 0.962 bits per heavy atom. The third-order valence-corrected chi connectivity index (χ3v) is 4.10. The minimum atomic E-state index is -0.240. The van der Waals surface area contributed by atoms with Gasteiger partial charge in [0.1, 0.15) is 0 Å². The van der Waals surface area contributed by atoms with Crippen LogP contribution in [0.3, 0.4) is 0 Å². The molecule has 138 valence electrons. The molecule has 0 atom stereocenters. The van der Waals surface area contributed by atoms with Gasteiger partial charge in [0.05, 0.1) is 13.0 Å². The van der Waals surface area contributed by atoms with E-state index in [4.69, 9.17) is 0 Å². The van der Waals surface area contributed by atoms with Crippen LogP contribution < -0.4 is 15.5 Å². The van der Waals surface area contributed by atoms with Gasteiger partial charge in [-0.2, -0.15) is 0 Å². The lowest BCUT2D eigenvalue weighted by atomic mass is 10.1. The number of hydrogen-bond donors (Lipinski definition) is 2. The maximum atomic E-state index is 12.0. The third-order valence-electron chi connectivity index (χ3n) is 4.10. The van der Waals surface area contributed by atoms with Crippen molar-refractivity contribution in [3.05, 3.63) is 60.2 Å². The lowest BCUT2D eigenvalue weighted by molar-refractivity contribution is -0.123. The van der Waals surface area contributed by atoms with E-state index >= 15 is 0 Å². The summed E-state index contributed by atoms with van der Waals surface area (Å²) in [6, 6.07) is 17.6. The fraction of sp³-hybridized carbons (Fsp3) is 0.333. The molecule has 0 aliphatic heterocycles. The molecule has 0 unspecified atom stereocenters. The average molecular weight is 353 g/mol. The van der Waals surface area contributed by atoms with Gasteiger partial charge in [-0.1, -0.05) is 30.3 Å². The van der Waals surface area contributed by atoms with Crippen molar-refractivity contribution < 1.29 is 9.59 Å². The predicted octanol–water partition coefficient (Wildman–Crippen LogP) is 3.22. The Morgan fingerprint density at radius 2 is 1.62 bits per heavy atom. The van der Waals surface area contributed by atoms with Crippen LogP contribution >= 0.6 is 0 Å². The van der Waals surface area contributed by atoms with Crippen molar-refractivity contribution >= 4 is 23.2 Å². The molecule has 2 aromatic carbocycles. The third kappa shape index (κ3) is 5.92. The number of anilines is 2. The zero-order valence-electron chi connectivity index (χ0n) is 15.7. The van der Waals surface area contributed by atoms with Gasteiger partial charge in [-0.25, -0.2) is 0 Å². The maximum Gasteiger partial charge on any atom is 0.243 e. The normalized spacial score (nSPS) is 10.5. The van der Waals surface area contributed by atoms with Crippen molar-refractivity contribution in [3.8, 4) is 0 Å². The van der Waals surface area contributed by atoms with Gasteiger partial charge in [0.25, 0.3) is 0 Å². The Bertz CT molecular complexity index is 712. The van der Waals surface area contributed by atoms with Gasteiger partial charge < -0.3 is 15.5 Å². The van der Waals surface area contributed by atoms with Crippen molar-refractivity contribution in [3.63, 3.8) is 0 Å². The number of benzene rings is 2. The van der Waals surface area contributed by atoms with Crippen molar-refractivity contribution in [1.29, 1.82) is 0 Å². The van der Waals surface area contributed by atoms with Crippen LogP contribution in [-0.4, -0.2) is 30.9 Å². The number of rotatable bonds is 8. The second-order valence-corrected chi connectivity index (χ2v) is 6.41. The summed E-state index contributed by atoms with van der Waals surface area (Å²) in [5, 5.41) is 5.45. The first-order valence-corrected chi connectivity index (χ1v) is 8.96. The number of hydrogen-bond acceptors (Lipinski definition) is 3. The van der Waals surface area contributed by atoms with Crippen molar-refractivity contribution in [2.24, 2.45) is 0 Å². The van der Waals surface area contributed by atoms with E-state index in [0.717, 1.165) is 23.5 Å². The SMILES string of the molecule is CCN(c1ccc(NC(=O)CNC(=O)Cc2ccccc2)cc1)C(C)C. The molecule has 0 spiro atoms. The van der Waals surface area contributed by atoms with E-state index < -0.39 is 0 Å². The molecule has 2 rings (SSSR count). The van der Waals surface area contributed by atoms with E-state index in [1.54, 1.807) is 0 Å². The largest absolute Gasteiger partial charge is 0.369 e. The molecule has 2 N–H and O–H groups in total. The smallest absolute Gasteiger partial charge is 0.243 e. The lowest BCUT2D eigenvalue weighted by Crippen LogP contribution is -2.33. The van der Waals surface area contributed by atoms with Crippen molar-refractivity contribution in [2.75, 3.05) is 23.3 Å². The van der Waals surface area contributed by atoms with E-state index in [9.17, 15) is 9.59 Å². The quantitative estimate of drug-likeness (QED) is 0.766. The summed E-state index contributed by atoms with van der Waals surface area (Å²) in [4.78, 5) is 26.2. The molecule has 5 heteroatoms. The van der Waals surface area contributed by atoms with Gasteiger partial charge in [-0.15, -0.1) is 0 Å². The molecule has 26 heavy (non-hydrogen) atoms. The summed E-state index contributed by atoms with van der Waals surface area (Å²) >= 11 is 0. The van der Waals surface area contributed by atoms with Crippen LogP contribution in [0.1, 0.15) is 26.3 Å². The topological polar surface area (TPSA) is 61.4 Å². The molecule has 0 aliphatic rings. The molecule has 0 aliphatic carbocycles. The van der Waals surface area contributed by atoms with Crippen LogP contribution in [0.4, 0.5) is 11.4 Å². The van der Waals surface area contributed by atoms with E-state index in [1.165, 1.54) is 0 Å². The van der Waals surface area contributed by atoms with Crippen molar-refractivity contribution in [1.82, 2.24) is 5.32 Å². The minimum Gasteiger partial charge on any atom is -0.369 e. The fourth-order valence-electron chi connectivity index (χ4n) is 2.81. The number of carbonyl (C=O) groups is 2. The molecule has 0 bridgehead atoms. The lowest BCUT2D eigenvalue weighted by Gasteiger charge is -2.27. The van der Waals surface area contributed by atoms with Crippen LogP contribution in [0.15, 0.2) is 54.6 Å². The molecular formula is C21H27N3O2. The van der Waals surface area contributed by atoms with E-state index in [0.29, 0.717) is 6.04 Å². The first-order valence-electron chi connectivity index (χ1n) is 8.96.